The second-order valence-electron chi connectivity index (χ2n) is 8.63. The molecule has 2 aliphatic rings. The summed E-state index contributed by atoms with van der Waals surface area (Å²) in [4.78, 5) is 18.9. The van der Waals surface area contributed by atoms with Crippen molar-refractivity contribution in [1.82, 2.24) is 9.80 Å². The zero-order valence-corrected chi connectivity index (χ0v) is 18.2. The van der Waals surface area contributed by atoms with Crippen molar-refractivity contribution in [2.45, 2.75) is 45.9 Å². The summed E-state index contributed by atoms with van der Waals surface area (Å²) in [6.45, 7) is 14.2. The summed E-state index contributed by atoms with van der Waals surface area (Å²) in [6, 6.07) is 6.43. The molecule has 1 aromatic carbocycles. The Labute approximate surface area is 173 Å². The molecule has 7 heteroatoms. The van der Waals surface area contributed by atoms with E-state index in [1.165, 1.54) is 0 Å². The minimum atomic E-state index is -0.469. The first-order chi connectivity index (χ1) is 13.2. The van der Waals surface area contributed by atoms with Crippen molar-refractivity contribution in [3.05, 3.63) is 28.8 Å². The summed E-state index contributed by atoms with van der Waals surface area (Å²) < 4.78 is 10.9. The van der Waals surface area contributed by atoms with E-state index in [1.807, 2.05) is 25.7 Å². The molecule has 0 unspecified atom stereocenters. The maximum absolute atomic E-state index is 12.4. The van der Waals surface area contributed by atoms with Crippen molar-refractivity contribution >= 4 is 23.4 Å². The predicted molar refractivity (Wildman–Crippen MR) is 112 cm³/mol. The molecule has 156 valence electrons. The SMILES string of the molecule is C[C@H]1CN(Cc2ccc(N3CCOCC3)cc2Cl)CCN1C(=O)OC(C)(C)C. The average Bonchev–Trinajstić information content (AvgIpc) is 2.62. The number of benzene rings is 1. The summed E-state index contributed by atoms with van der Waals surface area (Å²) in [5.74, 6) is 0. The van der Waals surface area contributed by atoms with Gasteiger partial charge in [0.25, 0.3) is 0 Å². The van der Waals surface area contributed by atoms with Gasteiger partial charge in [-0.3, -0.25) is 4.90 Å². The smallest absolute Gasteiger partial charge is 0.410 e. The normalized spacial score (nSPS) is 21.7. The first-order valence-electron chi connectivity index (χ1n) is 10.1. The molecule has 0 radical (unpaired) electrons. The molecule has 2 fully saturated rings. The van der Waals surface area contributed by atoms with Gasteiger partial charge in [-0.1, -0.05) is 17.7 Å². The summed E-state index contributed by atoms with van der Waals surface area (Å²) in [6.07, 6.45) is -0.229. The average molecular weight is 410 g/mol. The number of carbonyl (C=O) groups excluding carboxylic acids is 1. The van der Waals surface area contributed by atoms with Gasteiger partial charge in [-0.2, -0.15) is 0 Å². The van der Waals surface area contributed by atoms with Crippen LogP contribution in [0.3, 0.4) is 0 Å². The van der Waals surface area contributed by atoms with Crippen molar-refractivity contribution in [2.75, 3.05) is 50.8 Å². The molecule has 0 aliphatic carbocycles. The number of halogens is 1. The molecular formula is C21H32ClN3O3. The van der Waals surface area contributed by atoms with E-state index < -0.39 is 5.60 Å². The number of amides is 1. The van der Waals surface area contributed by atoms with Crippen LogP contribution in [0.2, 0.25) is 5.02 Å². The summed E-state index contributed by atoms with van der Waals surface area (Å²) in [5.41, 5.74) is 1.81. The molecule has 1 atom stereocenters. The minimum absolute atomic E-state index is 0.106. The Bertz CT molecular complexity index is 686. The number of hydrogen-bond donors (Lipinski definition) is 0. The van der Waals surface area contributed by atoms with E-state index in [0.717, 1.165) is 62.2 Å². The third-order valence-corrected chi connectivity index (χ3v) is 5.50. The predicted octanol–water partition coefficient (Wildman–Crippen LogP) is 3.62. The molecule has 1 amide bonds. The Hall–Kier alpha value is -1.50. The molecule has 6 nitrogen and oxygen atoms in total. The fourth-order valence-electron chi connectivity index (χ4n) is 3.69. The van der Waals surface area contributed by atoms with E-state index in [2.05, 4.69) is 34.9 Å². The van der Waals surface area contributed by atoms with E-state index in [4.69, 9.17) is 21.1 Å². The van der Waals surface area contributed by atoms with Gasteiger partial charge >= 0.3 is 6.09 Å². The van der Waals surface area contributed by atoms with Gasteiger partial charge in [0, 0.05) is 56.0 Å². The van der Waals surface area contributed by atoms with Crippen molar-refractivity contribution in [3.63, 3.8) is 0 Å². The molecule has 2 heterocycles. The van der Waals surface area contributed by atoms with E-state index in [-0.39, 0.29) is 12.1 Å². The second-order valence-corrected chi connectivity index (χ2v) is 9.04. The molecule has 28 heavy (non-hydrogen) atoms. The van der Waals surface area contributed by atoms with Gasteiger partial charge in [-0.25, -0.2) is 4.79 Å². The molecule has 2 aliphatic heterocycles. The third-order valence-electron chi connectivity index (χ3n) is 5.15. The number of nitrogens with zero attached hydrogens (tertiary/aromatic N) is 3. The topological polar surface area (TPSA) is 45.2 Å². The van der Waals surface area contributed by atoms with E-state index in [9.17, 15) is 4.79 Å². The van der Waals surface area contributed by atoms with Gasteiger partial charge in [-0.05, 0) is 45.4 Å². The largest absolute Gasteiger partial charge is 0.444 e. The Kier molecular flexibility index (Phi) is 6.73. The van der Waals surface area contributed by atoms with Crippen LogP contribution in [-0.4, -0.2) is 73.5 Å². The van der Waals surface area contributed by atoms with Crippen molar-refractivity contribution < 1.29 is 14.3 Å². The van der Waals surface area contributed by atoms with Crippen LogP contribution in [-0.2, 0) is 16.0 Å². The lowest BCUT2D eigenvalue weighted by atomic mass is 10.1. The van der Waals surface area contributed by atoms with Gasteiger partial charge in [0.1, 0.15) is 5.60 Å². The van der Waals surface area contributed by atoms with Crippen LogP contribution in [0, 0.1) is 0 Å². The van der Waals surface area contributed by atoms with Gasteiger partial charge in [0.2, 0.25) is 0 Å². The molecule has 0 saturated carbocycles. The van der Waals surface area contributed by atoms with Crippen LogP contribution in [0.5, 0.6) is 0 Å². The van der Waals surface area contributed by atoms with Crippen LogP contribution in [0.4, 0.5) is 10.5 Å². The fourth-order valence-corrected chi connectivity index (χ4v) is 3.93. The number of ether oxygens (including phenoxy) is 2. The van der Waals surface area contributed by atoms with Crippen molar-refractivity contribution in [3.8, 4) is 0 Å². The van der Waals surface area contributed by atoms with E-state index in [0.29, 0.717) is 6.54 Å². The number of anilines is 1. The van der Waals surface area contributed by atoms with Gasteiger partial charge in [0.05, 0.1) is 13.2 Å². The molecule has 1 aromatic rings. The van der Waals surface area contributed by atoms with E-state index in [1.54, 1.807) is 0 Å². The molecule has 0 aromatic heterocycles. The quantitative estimate of drug-likeness (QED) is 0.762. The van der Waals surface area contributed by atoms with Crippen molar-refractivity contribution in [1.29, 1.82) is 0 Å². The van der Waals surface area contributed by atoms with Crippen LogP contribution < -0.4 is 4.90 Å². The summed E-state index contributed by atoms with van der Waals surface area (Å²) in [5, 5.41) is 0.797. The van der Waals surface area contributed by atoms with E-state index >= 15 is 0 Å². The highest BCUT2D eigenvalue weighted by Crippen LogP contribution is 2.26. The molecule has 0 N–H and O–H groups in total. The van der Waals surface area contributed by atoms with Crippen LogP contribution in [0.15, 0.2) is 18.2 Å². The van der Waals surface area contributed by atoms with Crippen LogP contribution in [0.25, 0.3) is 0 Å². The maximum Gasteiger partial charge on any atom is 0.410 e. The molecule has 2 saturated heterocycles. The Morgan fingerprint density at radius 2 is 1.93 bits per heavy atom. The lowest BCUT2D eigenvalue weighted by molar-refractivity contribution is 0.000562. The lowest BCUT2D eigenvalue weighted by Crippen LogP contribution is -2.54. The number of morpholine rings is 1. The van der Waals surface area contributed by atoms with Crippen LogP contribution >= 0.6 is 11.6 Å². The van der Waals surface area contributed by atoms with Gasteiger partial charge in [0.15, 0.2) is 0 Å². The minimum Gasteiger partial charge on any atom is -0.444 e. The number of hydrogen-bond acceptors (Lipinski definition) is 5. The highest BCUT2D eigenvalue weighted by atomic mass is 35.5. The molecule has 3 rings (SSSR count). The number of rotatable bonds is 3. The molecular weight excluding hydrogens is 378 g/mol. The van der Waals surface area contributed by atoms with Crippen LogP contribution in [0.1, 0.15) is 33.3 Å². The fraction of sp³-hybridized carbons (Fsp3) is 0.667. The highest BCUT2D eigenvalue weighted by molar-refractivity contribution is 6.31. The number of piperazine rings is 1. The monoisotopic (exact) mass is 409 g/mol. The Morgan fingerprint density at radius 3 is 2.54 bits per heavy atom. The lowest BCUT2D eigenvalue weighted by Gasteiger charge is -2.40. The highest BCUT2D eigenvalue weighted by Gasteiger charge is 2.31. The first kappa shape index (κ1) is 21.2. The first-order valence-corrected chi connectivity index (χ1v) is 10.4. The maximum atomic E-state index is 12.4. The summed E-state index contributed by atoms with van der Waals surface area (Å²) >= 11 is 6.59. The standard InChI is InChI=1S/C21H32ClN3O3/c1-16-14-23(7-8-25(16)20(26)28-21(2,3)4)15-17-5-6-18(13-19(17)22)24-9-11-27-12-10-24/h5-6,13,16H,7-12,14-15H2,1-4H3/t16-/m0/s1. The van der Waals surface area contributed by atoms with Crippen molar-refractivity contribution in [2.24, 2.45) is 0 Å². The molecule has 0 bridgehead atoms. The third kappa shape index (κ3) is 5.52. The second kappa shape index (κ2) is 8.89. The summed E-state index contributed by atoms with van der Waals surface area (Å²) in [7, 11) is 0. The Morgan fingerprint density at radius 1 is 1.21 bits per heavy atom. The zero-order valence-electron chi connectivity index (χ0n) is 17.4. The van der Waals surface area contributed by atoms with Gasteiger partial charge < -0.3 is 19.3 Å². The molecule has 0 spiro atoms. The Balaban J connectivity index is 1.57. The van der Waals surface area contributed by atoms with Gasteiger partial charge in [-0.15, -0.1) is 0 Å². The zero-order chi connectivity index (χ0) is 20.3. The number of carbonyl (C=O) groups is 1.